The summed E-state index contributed by atoms with van der Waals surface area (Å²) < 4.78 is 25.5. The average Bonchev–Trinajstić information content (AvgIpc) is 2.62. The summed E-state index contributed by atoms with van der Waals surface area (Å²) >= 11 is 1.69. The molecule has 0 fully saturated rings. The van der Waals surface area contributed by atoms with Crippen LogP contribution in [0.2, 0.25) is 0 Å². The Morgan fingerprint density at radius 2 is 1.82 bits per heavy atom. The Bertz CT molecular complexity index is 642. The highest BCUT2D eigenvalue weighted by Gasteiger charge is 2.34. The fraction of sp³-hybridized carbons (Fsp3) is 0.667. The van der Waals surface area contributed by atoms with Crippen LogP contribution < -0.4 is 10.0 Å². The van der Waals surface area contributed by atoms with E-state index in [1.165, 1.54) is 4.88 Å². The molecule has 1 amide bonds. The molecule has 0 bridgehead atoms. The summed E-state index contributed by atoms with van der Waals surface area (Å²) in [7, 11) is -3.46. The summed E-state index contributed by atoms with van der Waals surface area (Å²) in [6.07, 6.45) is 1.06. The predicted octanol–water partition coefficient (Wildman–Crippen LogP) is 2.51. The van der Waals surface area contributed by atoms with E-state index in [0.29, 0.717) is 0 Å². The van der Waals surface area contributed by atoms with E-state index in [9.17, 15) is 13.2 Å². The third kappa shape index (κ3) is 5.37. The fourth-order valence-electron chi connectivity index (χ4n) is 2.29. The summed E-state index contributed by atoms with van der Waals surface area (Å²) in [4.78, 5) is 14.9. The lowest BCUT2D eigenvalue weighted by atomic mass is 9.86. The van der Waals surface area contributed by atoms with Crippen LogP contribution in [0.25, 0.3) is 0 Å². The predicted molar refractivity (Wildman–Crippen MR) is 91.6 cm³/mol. The number of nitrogens with one attached hydrogen (secondary N) is 2. The second kappa shape index (κ2) is 6.68. The van der Waals surface area contributed by atoms with Gasteiger partial charge in [0.1, 0.15) is 6.04 Å². The summed E-state index contributed by atoms with van der Waals surface area (Å²) in [5.41, 5.74) is 0.551. The maximum Gasteiger partial charge on any atom is 0.239 e. The summed E-state index contributed by atoms with van der Waals surface area (Å²) in [6.45, 7) is 11.5. The van der Waals surface area contributed by atoms with E-state index in [-0.39, 0.29) is 11.9 Å². The highest BCUT2D eigenvalue weighted by molar-refractivity contribution is 7.88. The summed E-state index contributed by atoms with van der Waals surface area (Å²) in [5.74, 6) is -0.311. The lowest BCUT2D eigenvalue weighted by Crippen LogP contribution is -2.53. The van der Waals surface area contributed by atoms with E-state index in [0.717, 1.165) is 16.7 Å². The van der Waals surface area contributed by atoms with Gasteiger partial charge < -0.3 is 5.32 Å². The number of hydrogen-bond acceptors (Lipinski definition) is 4. The number of carbonyl (C=O) groups excluding carboxylic acids is 1. The van der Waals surface area contributed by atoms with Gasteiger partial charge in [0.2, 0.25) is 15.9 Å². The molecule has 22 heavy (non-hydrogen) atoms. The molecule has 1 heterocycles. The maximum absolute atomic E-state index is 12.5. The molecule has 1 rings (SSSR count). The van der Waals surface area contributed by atoms with Gasteiger partial charge in [0.15, 0.2) is 0 Å². The van der Waals surface area contributed by atoms with E-state index < -0.39 is 21.5 Å². The molecular formula is C15H26N2O3S2. The monoisotopic (exact) mass is 346 g/mol. The van der Waals surface area contributed by atoms with Crippen molar-refractivity contribution in [2.45, 2.75) is 53.6 Å². The Balaban J connectivity index is 2.94. The molecule has 0 aromatic carbocycles. The van der Waals surface area contributed by atoms with Gasteiger partial charge in [-0.1, -0.05) is 20.8 Å². The first kappa shape index (κ1) is 19.1. The van der Waals surface area contributed by atoms with Crippen LogP contribution >= 0.6 is 11.3 Å². The molecule has 7 heteroatoms. The van der Waals surface area contributed by atoms with Crippen LogP contribution in [0, 0.1) is 19.3 Å². The lowest BCUT2D eigenvalue weighted by molar-refractivity contribution is -0.125. The quantitative estimate of drug-likeness (QED) is 0.860. The summed E-state index contributed by atoms with van der Waals surface area (Å²) in [6, 6.07) is 1.08. The zero-order chi connectivity index (χ0) is 17.3. The number of amides is 1. The Labute approximate surface area is 137 Å². The first-order chi connectivity index (χ1) is 9.81. The van der Waals surface area contributed by atoms with Crippen molar-refractivity contribution >= 4 is 27.3 Å². The van der Waals surface area contributed by atoms with Crippen molar-refractivity contribution in [3.05, 3.63) is 21.4 Å². The van der Waals surface area contributed by atoms with Gasteiger partial charge in [-0.05, 0) is 37.8 Å². The maximum atomic E-state index is 12.5. The molecule has 0 aliphatic heterocycles. The molecule has 5 nitrogen and oxygen atoms in total. The number of rotatable bonds is 5. The summed E-state index contributed by atoms with van der Waals surface area (Å²) in [5, 5.41) is 2.92. The van der Waals surface area contributed by atoms with Gasteiger partial charge in [-0.3, -0.25) is 4.79 Å². The number of carbonyl (C=O) groups is 1. The lowest BCUT2D eigenvalue weighted by Gasteiger charge is -2.30. The topological polar surface area (TPSA) is 75.3 Å². The van der Waals surface area contributed by atoms with E-state index >= 15 is 0 Å². The molecule has 0 unspecified atom stereocenters. The molecule has 2 atom stereocenters. The van der Waals surface area contributed by atoms with E-state index in [2.05, 4.69) is 16.1 Å². The van der Waals surface area contributed by atoms with E-state index in [1.807, 2.05) is 41.5 Å². The highest BCUT2D eigenvalue weighted by atomic mass is 32.2. The Kier molecular flexibility index (Phi) is 5.81. The molecule has 1 aromatic heterocycles. The van der Waals surface area contributed by atoms with Crippen LogP contribution in [0.15, 0.2) is 6.07 Å². The zero-order valence-electron chi connectivity index (χ0n) is 14.3. The first-order valence-electron chi connectivity index (χ1n) is 7.16. The van der Waals surface area contributed by atoms with E-state index in [1.54, 1.807) is 11.3 Å². The van der Waals surface area contributed by atoms with Crippen molar-refractivity contribution in [2.75, 3.05) is 6.26 Å². The van der Waals surface area contributed by atoms with Gasteiger partial charge in [-0.25, -0.2) is 13.1 Å². The van der Waals surface area contributed by atoms with E-state index in [4.69, 9.17) is 0 Å². The minimum atomic E-state index is -3.46. The second-order valence-electron chi connectivity index (χ2n) is 6.79. The Morgan fingerprint density at radius 1 is 1.27 bits per heavy atom. The molecule has 0 saturated heterocycles. The van der Waals surface area contributed by atoms with Crippen molar-refractivity contribution in [2.24, 2.45) is 5.41 Å². The normalized spacial score (nSPS) is 15.4. The van der Waals surface area contributed by atoms with Crippen LogP contribution in [-0.4, -0.2) is 26.6 Å². The van der Waals surface area contributed by atoms with Gasteiger partial charge in [0, 0.05) is 9.75 Å². The van der Waals surface area contributed by atoms with Crippen molar-refractivity contribution in [3.63, 3.8) is 0 Å². The number of thiophene rings is 1. The Hall–Kier alpha value is -0.920. The molecule has 2 N–H and O–H groups in total. The van der Waals surface area contributed by atoms with Crippen molar-refractivity contribution in [1.82, 2.24) is 10.0 Å². The van der Waals surface area contributed by atoms with Crippen LogP contribution in [0.5, 0.6) is 0 Å². The van der Waals surface area contributed by atoms with Crippen LogP contribution in [-0.2, 0) is 14.8 Å². The molecule has 0 radical (unpaired) electrons. The first-order valence-corrected chi connectivity index (χ1v) is 9.86. The fourth-order valence-corrected chi connectivity index (χ4v) is 4.20. The smallest absolute Gasteiger partial charge is 0.239 e. The molecular weight excluding hydrogens is 320 g/mol. The largest absolute Gasteiger partial charge is 0.348 e. The molecule has 0 spiro atoms. The third-order valence-corrected chi connectivity index (χ3v) is 5.01. The average molecular weight is 347 g/mol. The van der Waals surface area contributed by atoms with Crippen molar-refractivity contribution in [1.29, 1.82) is 0 Å². The molecule has 0 aliphatic carbocycles. The van der Waals surface area contributed by atoms with Gasteiger partial charge in [-0.15, -0.1) is 11.3 Å². The van der Waals surface area contributed by atoms with Crippen LogP contribution in [0.4, 0.5) is 0 Å². The van der Waals surface area contributed by atoms with Gasteiger partial charge in [0.25, 0.3) is 0 Å². The SMILES string of the molecule is Cc1cc([C@@H](C)NC(=O)[C@@H](NS(C)(=O)=O)C(C)(C)C)c(C)s1. The Morgan fingerprint density at radius 3 is 2.18 bits per heavy atom. The molecule has 1 aromatic rings. The van der Waals surface area contributed by atoms with Crippen LogP contribution in [0.3, 0.4) is 0 Å². The molecule has 0 saturated carbocycles. The minimum Gasteiger partial charge on any atom is -0.348 e. The number of hydrogen-bond donors (Lipinski definition) is 2. The third-order valence-electron chi connectivity index (χ3n) is 3.36. The van der Waals surface area contributed by atoms with Crippen molar-refractivity contribution < 1.29 is 13.2 Å². The molecule has 126 valence electrons. The van der Waals surface area contributed by atoms with Gasteiger partial charge in [0.05, 0.1) is 12.3 Å². The minimum absolute atomic E-state index is 0.163. The second-order valence-corrected chi connectivity index (χ2v) is 10.0. The van der Waals surface area contributed by atoms with Gasteiger partial charge >= 0.3 is 0 Å². The van der Waals surface area contributed by atoms with Crippen LogP contribution in [0.1, 0.15) is 49.1 Å². The standard InChI is InChI=1S/C15H26N2O3S2/c1-9-8-12(11(3)21-9)10(2)16-14(18)13(15(4,5)6)17-22(7,19)20/h8,10,13,17H,1-7H3,(H,16,18)/t10-,13-/m1/s1. The highest BCUT2D eigenvalue weighted by Crippen LogP contribution is 2.27. The number of sulfonamides is 1. The van der Waals surface area contributed by atoms with Gasteiger partial charge in [-0.2, -0.15) is 0 Å². The number of aryl methyl sites for hydroxylation is 2. The van der Waals surface area contributed by atoms with Crippen molar-refractivity contribution in [3.8, 4) is 0 Å². The molecule has 0 aliphatic rings. The zero-order valence-corrected chi connectivity index (χ0v) is 15.9.